The highest BCUT2D eigenvalue weighted by molar-refractivity contribution is 6.09. The highest BCUT2D eigenvalue weighted by atomic mass is 19.1. The van der Waals surface area contributed by atoms with Gasteiger partial charge in [-0.3, -0.25) is 14.6 Å². The average molecular weight is 481 g/mol. The van der Waals surface area contributed by atoms with Crippen molar-refractivity contribution in [2.45, 2.75) is 32.5 Å². The molecule has 0 fully saturated rings. The van der Waals surface area contributed by atoms with Gasteiger partial charge in [0.1, 0.15) is 6.67 Å². The molecule has 1 aliphatic heterocycles. The van der Waals surface area contributed by atoms with Crippen LogP contribution in [0.25, 0.3) is 11.1 Å². The van der Waals surface area contributed by atoms with Gasteiger partial charge in [0.15, 0.2) is 11.5 Å². The molecule has 1 amide bonds. The Balaban J connectivity index is 1.90. The number of aliphatic imine (C=N–C) groups is 1. The third-order valence-corrected chi connectivity index (χ3v) is 6.60. The first-order valence-electron chi connectivity index (χ1n) is 11.7. The van der Waals surface area contributed by atoms with Crippen LogP contribution in [0.1, 0.15) is 30.7 Å². The van der Waals surface area contributed by atoms with E-state index in [1.54, 1.807) is 49.6 Å². The number of hydrogen-bond acceptors (Lipinski definition) is 5. The average Bonchev–Trinajstić information content (AvgIpc) is 3.37. The largest absolute Gasteiger partial charge is 0.369 e. The summed E-state index contributed by atoms with van der Waals surface area (Å²) in [7, 11) is 1.57. The van der Waals surface area contributed by atoms with Gasteiger partial charge in [0.05, 0.1) is 6.54 Å². The molecule has 1 aromatic carbocycles. The molecule has 1 atom stereocenters. The number of guanidine groups is 1. The lowest BCUT2D eigenvalue weighted by Crippen LogP contribution is -2.41. The maximum absolute atomic E-state index is 14.5. The van der Waals surface area contributed by atoms with E-state index >= 15 is 0 Å². The fraction of sp³-hybridized carbons (Fsp3) is 0.346. The number of carbonyl (C=O) groups excluding carboxylic acids is 1. The molecule has 3 heterocycles. The Morgan fingerprint density at radius 2 is 1.89 bits per heavy atom. The van der Waals surface area contributed by atoms with Crippen LogP contribution in [-0.2, 0) is 23.4 Å². The topological polar surface area (TPSA) is 79.8 Å². The van der Waals surface area contributed by atoms with E-state index in [-0.39, 0.29) is 18.4 Å². The number of rotatable bonds is 9. The van der Waals surface area contributed by atoms with Gasteiger partial charge < -0.3 is 10.3 Å². The molecule has 184 valence electrons. The molecule has 7 nitrogen and oxygen atoms in total. The van der Waals surface area contributed by atoms with Crippen LogP contribution in [-0.4, -0.2) is 58.0 Å². The van der Waals surface area contributed by atoms with Crippen LogP contribution in [0.4, 0.5) is 8.78 Å². The number of likely N-dealkylation sites (N-methyl/N-ethyl adjacent to an activating group) is 1. The predicted molar refractivity (Wildman–Crippen MR) is 132 cm³/mol. The van der Waals surface area contributed by atoms with E-state index < -0.39 is 18.2 Å². The molecule has 35 heavy (non-hydrogen) atoms. The Bertz CT molecular complexity index is 1250. The van der Waals surface area contributed by atoms with E-state index in [4.69, 9.17) is 5.73 Å². The first-order chi connectivity index (χ1) is 16.8. The van der Waals surface area contributed by atoms with Gasteiger partial charge >= 0.3 is 0 Å². The summed E-state index contributed by atoms with van der Waals surface area (Å²) in [6.45, 7) is 6.04. The molecular weight excluding hydrogens is 450 g/mol. The molecule has 0 bridgehead atoms. The minimum Gasteiger partial charge on any atom is -0.369 e. The van der Waals surface area contributed by atoms with Crippen molar-refractivity contribution in [1.29, 1.82) is 0 Å². The summed E-state index contributed by atoms with van der Waals surface area (Å²) >= 11 is 0. The quantitative estimate of drug-likeness (QED) is 0.475. The molecule has 0 spiro atoms. The van der Waals surface area contributed by atoms with Crippen LogP contribution in [0.5, 0.6) is 0 Å². The summed E-state index contributed by atoms with van der Waals surface area (Å²) in [5, 5.41) is 0. The van der Waals surface area contributed by atoms with Crippen LogP contribution in [0.15, 0.2) is 59.9 Å². The van der Waals surface area contributed by atoms with Crippen molar-refractivity contribution in [3.63, 3.8) is 0 Å². The zero-order valence-electron chi connectivity index (χ0n) is 20.2. The van der Waals surface area contributed by atoms with E-state index in [9.17, 15) is 13.6 Å². The van der Waals surface area contributed by atoms with Crippen LogP contribution in [0.3, 0.4) is 0 Å². The van der Waals surface area contributed by atoms with Crippen LogP contribution >= 0.6 is 0 Å². The fourth-order valence-corrected chi connectivity index (χ4v) is 4.56. The van der Waals surface area contributed by atoms with Crippen molar-refractivity contribution in [3.05, 3.63) is 77.6 Å². The minimum absolute atomic E-state index is 0.0801. The summed E-state index contributed by atoms with van der Waals surface area (Å²) in [5.41, 5.74) is 7.56. The number of benzene rings is 1. The second kappa shape index (κ2) is 9.95. The van der Waals surface area contributed by atoms with E-state index in [0.717, 1.165) is 18.8 Å². The summed E-state index contributed by atoms with van der Waals surface area (Å²) in [6, 6.07) is 12.2. The third kappa shape index (κ3) is 4.32. The smallest absolute Gasteiger partial charge is 0.266 e. The van der Waals surface area contributed by atoms with Gasteiger partial charge in [-0.05, 0) is 48.5 Å². The summed E-state index contributed by atoms with van der Waals surface area (Å²) in [6.07, 6.45) is 3.17. The Hall–Kier alpha value is -3.59. The summed E-state index contributed by atoms with van der Waals surface area (Å²) < 4.78 is 29.7. The van der Waals surface area contributed by atoms with Gasteiger partial charge in [-0.25, -0.2) is 14.4 Å². The zero-order valence-corrected chi connectivity index (χ0v) is 20.2. The first kappa shape index (κ1) is 24.5. The van der Waals surface area contributed by atoms with E-state index in [1.165, 1.54) is 11.1 Å². The van der Waals surface area contributed by atoms with Gasteiger partial charge in [0.2, 0.25) is 5.95 Å². The zero-order chi connectivity index (χ0) is 25.2. The fourth-order valence-electron chi connectivity index (χ4n) is 4.56. The molecule has 3 aromatic rings. The second-order valence-corrected chi connectivity index (χ2v) is 8.53. The Morgan fingerprint density at radius 1 is 1.11 bits per heavy atom. The molecule has 0 saturated heterocycles. The van der Waals surface area contributed by atoms with Gasteiger partial charge in [0.25, 0.3) is 5.91 Å². The maximum atomic E-state index is 14.5. The predicted octanol–water partition coefficient (Wildman–Crippen LogP) is 3.53. The molecular formula is C26H30F2N6O. The number of hydrogen-bond donors (Lipinski definition) is 1. The number of aryl methyl sites for hydroxylation is 1. The number of pyridine rings is 1. The second-order valence-electron chi connectivity index (χ2n) is 8.53. The molecule has 0 aliphatic carbocycles. The van der Waals surface area contributed by atoms with Crippen molar-refractivity contribution in [2.24, 2.45) is 10.7 Å². The first-order valence-corrected chi connectivity index (χ1v) is 11.7. The van der Waals surface area contributed by atoms with E-state index in [0.29, 0.717) is 28.8 Å². The van der Waals surface area contributed by atoms with Crippen molar-refractivity contribution < 1.29 is 13.6 Å². The molecule has 2 aromatic heterocycles. The summed E-state index contributed by atoms with van der Waals surface area (Å²) in [4.78, 5) is 25.6. The normalized spacial score (nSPS) is 17.9. The van der Waals surface area contributed by atoms with Gasteiger partial charge in [0, 0.05) is 42.8 Å². The maximum Gasteiger partial charge on any atom is 0.266 e. The van der Waals surface area contributed by atoms with Crippen molar-refractivity contribution in [1.82, 2.24) is 19.4 Å². The Kier molecular flexibility index (Phi) is 6.98. The number of amides is 1. The lowest BCUT2D eigenvalue weighted by molar-refractivity contribution is -0.129. The van der Waals surface area contributed by atoms with Gasteiger partial charge in [-0.15, -0.1) is 0 Å². The molecule has 1 unspecified atom stereocenters. The highest BCUT2D eigenvalue weighted by Gasteiger charge is 2.50. The number of halogens is 2. The number of alkyl halides is 1. The Morgan fingerprint density at radius 3 is 2.51 bits per heavy atom. The number of nitrogens with zero attached hydrogens (tertiary/aromatic N) is 5. The summed E-state index contributed by atoms with van der Waals surface area (Å²) in [5.74, 6) is -0.853. The number of aromatic nitrogens is 2. The van der Waals surface area contributed by atoms with Gasteiger partial charge in [-0.2, -0.15) is 4.39 Å². The number of nitrogens with two attached hydrogens (primary N) is 1. The van der Waals surface area contributed by atoms with Crippen LogP contribution < -0.4 is 5.73 Å². The van der Waals surface area contributed by atoms with Crippen molar-refractivity contribution >= 4 is 11.9 Å². The van der Waals surface area contributed by atoms with E-state index in [2.05, 4.69) is 28.7 Å². The van der Waals surface area contributed by atoms with Crippen molar-refractivity contribution in [3.8, 4) is 11.1 Å². The van der Waals surface area contributed by atoms with Crippen molar-refractivity contribution in [2.75, 3.05) is 26.8 Å². The van der Waals surface area contributed by atoms with Crippen LogP contribution in [0, 0.1) is 5.95 Å². The molecule has 9 heteroatoms. The number of carbonyl (C=O) groups is 1. The third-order valence-electron chi connectivity index (χ3n) is 6.60. The SMILES string of the molecule is CCN(CC)Cc1cc(C2(c3cccc(-c4cccnc4F)c3)N=C(N)N(C)C2=O)cn1CCF. The lowest BCUT2D eigenvalue weighted by atomic mass is 9.83. The van der Waals surface area contributed by atoms with E-state index in [1.807, 2.05) is 10.6 Å². The molecule has 0 saturated carbocycles. The monoisotopic (exact) mass is 480 g/mol. The Labute approximate surface area is 203 Å². The van der Waals surface area contributed by atoms with Gasteiger partial charge in [-0.1, -0.05) is 32.0 Å². The molecule has 0 radical (unpaired) electrons. The minimum atomic E-state index is -1.47. The lowest BCUT2D eigenvalue weighted by Gasteiger charge is -2.25. The highest BCUT2D eigenvalue weighted by Crippen LogP contribution is 2.41. The van der Waals surface area contributed by atoms with Crippen LogP contribution in [0.2, 0.25) is 0 Å². The molecule has 4 rings (SSSR count). The molecule has 1 aliphatic rings. The standard InChI is InChI=1S/C26H30F2N6O/c1-4-33(5-2)17-21-15-20(16-34(21)13-11-27)26(24(35)32(3)25(29)31-26)19-9-6-8-18(14-19)22-10-7-12-30-23(22)28/h6-10,12,14-16H,4-5,11,13,17H2,1-3H3,(H2,29,31). The molecule has 2 N–H and O–H groups in total.